The van der Waals surface area contributed by atoms with E-state index in [4.69, 9.17) is 30.0 Å². The van der Waals surface area contributed by atoms with Crippen LogP contribution in [0.3, 0.4) is 0 Å². The number of nitrogens with two attached hydrogens (primary N) is 2. The molecule has 0 aliphatic rings. The van der Waals surface area contributed by atoms with E-state index in [2.05, 4.69) is 70.7 Å². The Labute approximate surface area is 354 Å². The van der Waals surface area contributed by atoms with Crippen LogP contribution in [0, 0.1) is 0 Å². The van der Waals surface area contributed by atoms with Crippen molar-refractivity contribution in [2.45, 2.75) is 77.6 Å². The predicted octanol–water partition coefficient (Wildman–Crippen LogP) is 9.22. The second kappa shape index (κ2) is 23.4. The summed E-state index contributed by atoms with van der Waals surface area (Å²) >= 11 is 3.40. The van der Waals surface area contributed by atoms with E-state index < -0.39 is 14.7 Å². The van der Waals surface area contributed by atoms with Gasteiger partial charge in [-0.05, 0) is 48.9 Å². The smallest absolute Gasteiger partial charge is 0.320 e. The Balaban J connectivity index is 0.000000215. The molecule has 2 atom stereocenters. The number of H-pyrrole nitrogens is 1. The van der Waals surface area contributed by atoms with Gasteiger partial charge in [0.1, 0.15) is 5.52 Å². The number of fused-ring (bicyclic) bond motifs is 2. The molecule has 0 radical (unpaired) electrons. The number of aromatic nitrogens is 8. The van der Waals surface area contributed by atoms with Crippen molar-refractivity contribution in [2.75, 3.05) is 51.2 Å². The van der Waals surface area contributed by atoms with E-state index in [1.807, 2.05) is 60.9 Å². The lowest BCUT2D eigenvalue weighted by Crippen LogP contribution is -2.06. The highest BCUT2D eigenvalue weighted by Crippen LogP contribution is 2.47. The Morgan fingerprint density at radius 3 is 1.85 bits per heavy atom. The minimum Gasteiger partial charge on any atom is -0.463 e. The summed E-state index contributed by atoms with van der Waals surface area (Å²) in [6.45, 7) is 13.9. The van der Waals surface area contributed by atoms with Gasteiger partial charge < -0.3 is 39.5 Å². The van der Waals surface area contributed by atoms with Gasteiger partial charge in [-0.3, -0.25) is 9.13 Å². The van der Waals surface area contributed by atoms with Crippen LogP contribution in [0.4, 0.5) is 11.6 Å². The Bertz CT molecular complexity index is 2320. The van der Waals surface area contributed by atoms with Crippen LogP contribution in [0.15, 0.2) is 61.2 Å². The molecule has 320 valence electrons. The zero-order valence-electron chi connectivity index (χ0n) is 34.8. The fourth-order valence-corrected chi connectivity index (χ4v) is 9.12. The number of benzene rings is 2. The molecule has 19 heteroatoms. The first kappa shape index (κ1) is 47.3. The third-order valence-corrected chi connectivity index (χ3v) is 12.6. The lowest BCUT2D eigenvalue weighted by Gasteiger charge is -2.13. The topological polar surface area (TPSA) is 221 Å². The predicted molar refractivity (Wildman–Crippen MR) is 239 cm³/mol. The standard InChI is InChI=1S/C20H28N5O3P.C11H16BrO2P.C9H13N5O/c1-4-6-10-27-20-23-18(21)17-19(24-20)25(14-22-17)12-15-8-7-9-16(11-15)13-29(3,26)28-5-2;1-3-14-15(2,13)9-11-6-4-5-10(7-11)8-12;1-2-3-4-15-9-13-7(10)6-8(14-9)12-5-11-6/h7-9,11,14H,4-6,10,12-13H2,1-3H3,(H2,21,23,24);4-7H,3,8-9H2,1-2H3;5H,2-4H2,1H3,(H3,10,11,12,13,14). The molecule has 2 unspecified atom stereocenters. The molecule has 0 bridgehead atoms. The fraction of sp³-hybridized carbons (Fsp3) is 0.450. The highest BCUT2D eigenvalue weighted by atomic mass is 79.9. The monoisotopic (exact) mass is 914 g/mol. The van der Waals surface area contributed by atoms with Crippen molar-refractivity contribution in [2.24, 2.45) is 0 Å². The molecule has 0 saturated carbocycles. The van der Waals surface area contributed by atoms with E-state index in [1.165, 1.54) is 11.9 Å². The average Bonchev–Trinajstić information content (AvgIpc) is 3.83. The maximum atomic E-state index is 12.5. The first-order valence-corrected chi connectivity index (χ1v) is 25.3. The quantitative estimate of drug-likeness (QED) is 0.0392. The van der Waals surface area contributed by atoms with Gasteiger partial charge in [-0.15, -0.1) is 0 Å². The Hall–Kier alpha value is -4.40. The number of hydrogen-bond acceptors (Lipinski definition) is 14. The first-order valence-electron chi connectivity index (χ1n) is 19.6. The van der Waals surface area contributed by atoms with Crippen molar-refractivity contribution >= 4 is 64.6 Å². The summed E-state index contributed by atoms with van der Waals surface area (Å²) in [7, 11) is -5.10. The number of nitrogen functional groups attached to an aromatic ring is 2. The Morgan fingerprint density at radius 1 is 0.729 bits per heavy atom. The van der Waals surface area contributed by atoms with Crippen LogP contribution in [0.25, 0.3) is 22.3 Å². The minimum absolute atomic E-state index is 0.266. The summed E-state index contributed by atoms with van der Waals surface area (Å²) in [5.41, 5.74) is 18.4. The van der Waals surface area contributed by atoms with Crippen LogP contribution in [0.2, 0.25) is 0 Å². The molecule has 59 heavy (non-hydrogen) atoms. The SMILES string of the molecule is CCCCOc1nc(N)c2[nH]cnc2n1.CCCCOc1nc(N)c2ncn(Cc3cccc(CP(C)(=O)OCC)c3)c2n1.CCOP(C)(=O)Cc1cccc(CBr)c1. The molecule has 0 fully saturated rings. The third kappa shape index (κ3) is 15.3. The van der Waals surface area contributed by atoms with Gasteiger partial charge in [-0.2, -0.15) is 19.9 Å². The lowest BCUT2D eigenvalue weighted by atomic mass is 10.1. The molecule has 6 aromatic rings. The number of anilines is 2. The van der Waals surface area contributed by atoms with Gasteiger partial charge in [0, 0.05) is 31.0 Å². The molecule has 2 aromatic carbocycles. The highest BCUT2D eigenvalue weighted by Gasteiger charge is 2.18. The van der Waals surface area contributed by atoms with Crippen molar-refractivity contribution in [1.29, 1.82) is 0 Å². The summed E-state index contributed by atoms with van der Waals surface area (Å²) < 4.78 is 48.0. The van der Waals surface area contributed by atoms with Gasteiger partial charge in [0.05, 0.1) is 45.6 Å². The number of rotatable bonds is 19. The van der Waals surface area contributed by atoms with E-state index >= 15 is 0 Å². The number of nitrogens with zero attached hydrogens (tertiary/aromatic N) is 7. The number of ether oxygens (including phenoxy) is 2. The van der Waals surface area contributed by atoms with Crippen LogP contribution in [0.5, 0.6) is 12.0 Å². The maximum Gasteiger partial charge on any atom is 0.320 e. The molecular weight excluding hydrogens is 858 g/mol. The van der Waals surface area contributed by atoms with Crippen molar-refractivity contribution in [3.05, 3.63) is 83.4 Å². The summed E-state index contributed by atoms with van der Waals surface area (Å²) in [5.74, 6) is 0.668. The second-order valence-electron chi connectivity index (χ2n) is 13.8. The molecule has 4 aromatic heterocycles. The van der Waals surface area contributed by atoms with Gasteiger partial charge >= 0.3 is 12.0 Å². The molecule has 4 heterocycles. The number of halogens is 1. The number of hydrogen-bond donors (Lipinski definition) is 3. The summed E-state index contributed by atoms with van der Waals surface area (Å²) in [6, 6.07) is 16.6. The molecular formula is C40H57BrN10O6P2. The van der Waals surface area contributed by atoms with Crippen molar-refractivity contribution in [1.82, 2.24) is 39.5 Å². The van der Waals surface area contributed by atoms with Crippen molar-refractivity contribution in [3.63, 3.8) is 0 Å². The second-order valence-corrected chi connectivity index (χ2v) is 19.6. The molecule has 0 spiro atoms. The normalized spacial score (nSPS) is 13.1. The van der Waals surface area contributed by atoms with E-state index in [-0.39, 0.29) is 6.01 Å². The number of alkyl halides is 1. The highest BCUT2D eigenvalue weighted by molar-refractivity contribution is 9.08. The number of nitrogens with one attached hydrogen (secondary N) is 1. The first-order chi connectivity index (χ1) is 28.3. The van der Waals surface area contributed by atoms with Gasteiger partial charge in [0.2, 0.25) is 14.7 Å². The van der Waals surface area contributed by atoms with Gasteiger partial charge in [0.25, 0.3) is 0 Å². The van der Waals surface area contributed by atoms with Crippen molar-refractivity contribution < 1.29 is 27.7 Å². The van der Waals surface area contributed by atoms with E-state index in [0.29, 0.717) is 85.3 Å². The largest absolute Gasteiger partial charge is 0.463 e. The summed E-state index contributed by atoms with van der Waals surface area (Å²) in [6.07, 6.45) is 8.15. The summed E-state index contributed by atoms with van der Waals surface area (Å²) in [5, 5.41) is 0.823. The van der Waals surface area contributed by atoms with Crippen molar-refractivity contribution in [3.8, 4) is 12.0 Å². The zero-order chi connectivity index (χ0) is 42.8. The number of unbranched alkanes of at least 4 members (excludes halogenated alkanes) is 2. The van der Waals surface area contributed by atoms with E-state index in [1.54, 1.807) is 19.7 Å². The van der Waals surface area contributed by atoms with Gasteiger partial charge in [-0.25, -0.2) is 9.97 Å². The molecule has 0 aliphatic heterocycles. The van der Waals surface area contributed by atoms with Gasteiger partial charge in [0.15, 0.2) is 28.4 Å². The third-order valence-electron chi connectivity index (χ3n) is 8.46. The van der Waals surface area contributed by atoms with Gasteiger partial charge in [-0.1, -0.05) is 91.1 Å². The molecule has 0 aliphatic carbocycles. The van der Waals surface area contributed by atoms with E-state index in [0.717, 1.165) is 47.7 Å². The lowest BCUT2D eigenvalue weighted by molar-refractivity contribution is 0.286. The van der Waals surface area contributed by atoms with E-state index in [9.17, 15) is 9.13 Å². The van der Waals surface area contributed by atoms with Crippen LogP contribution >= 0.6 is 30.7 Å². The number of aromatic amines is 1. The van der Waals surface area contributed by atoms with Crippen LogP contribution in [-0.4, -0.2) is 79.2 Å². The van der Waals surface area contributed by atoms with Crippen LogP contribution in [-0.2, 0) is 42.4 Å². The Morgan fingerprint density at radius 2 is 1.27 bits per heavy atom. The average molecular weight is 916 g/mol. The zero-order valence-corrected chi connectivity index (χ0v) is 38.1. The molecule has 0 saturated heterocycles. The molecule has 0 amide bonds. The summed E-state index contributed by atoms with van der Waals surface area (Å²) in [4.78, 5) is 28.0. The minimum atomic E-state index is -2.64. The molecule has 6 rings (SSSR count). The molecule has 16 nitrogen and oxygen atoms in total. The molecule has 5 N–H and O–H groups in total. The maximum absolute atomic E-state index is 12.5. The van der Waals surface area contributed by atoms with Crippen LogP contribution < -0.4 is 20.9 Å². The number of imidazole rings is 2. The van der Waals surface area contributed by atoms with Crippen LogP contribution in [0.1, 0.15) is 75.6 Å². The fourth-order valence-electron chi connectivity index (χ4n) is 5.78. The Kier molecular flexibility index (Phi) is 18.8.